The summed E-state index contributed by atoms with van der Waals surface area (Å²) in [6.45, 7) is 0. The SMILES string of the molecule is N#Cc1ccccc1CC1OC(=O)c2cc(Br)ccc21. The molecule has 0 saturated carbocycles. The third-order valence-corrected chi connectivity index (χ3v) is 3.87. The summed E-state index contributed by atoms with van der Waals surface area (Å²) in [6, 6.07) is 15.1. The molecule has 3 rings (SSSR count). The van der Waals surface area contributed by atoms with Crippen LogP contribution in [0, 0.1) is 11.3 Å². The molecule has 0 aromatic heterocycles. The molecule has 0 N–H and O–H groups in total. The predicted molar refractivity (Wildman–Crippen MR) is 77.2 cm³/mol. The van der Waals surface area contributed by atoms with Gasteiger partial charge in [-0.05, 0) is 23.8 Å². The Morgan fingerprint density at radius 1 is 1.25 bits per heavy atom. The van der Waals surface area contributed by atoms with Gasteiger partial charge in [0.2, 0.25) is 0 Å². The summed E-state index contributed by atoms with van der Waals surface area (Å²) in [5.74, 6) is -0.305. The molecule has 2 aromatic rings. The van der Waals surface area contributed by atoms with Gasteiger partial charge < -0.3 is 4.74 Å². The normalized spacial score (nSPS) is 16.4. The molecule has 0 bridgehead atoms. The molecule has 4 heteroatoms. The van der Waals surface area contributed by atoms with Crippen LogP contribution in [0.2, 0.25) is 0 Å². The molecule has 0 radical (unpaired) electrons. The molecule has 2 aromatic carbocycles. The number of carbonyl (C=O) groups excluding carboxylic acids is 1. The largest absolute Gasteiger partial charge is 0.454 e. The van der Waals surface area contributed by atoms with E-state index in [1.807, 2.05) is 30.3 Å². The highest BCUT2D eigenvalue weighted by molar-refractivity contribution is 9.10. The number of nitrogens with zero attached hydrogens (tertiary/aromatic N) is 1. The molecule has 20 heavy (non-hydrogen) atoms. The highest BCUT2D eigenvalue weighted by Gasteiger charge is 2.31. The molecule has 1 atom stereocenters. The Balaban J connectivity index is 1.95. The van der Waals surface area contributed by atoms with Gasteiger partial charge in [0.25, 0.3) is 0 Å². The first kappa shape index (κ1) is 12.9. The average molecular weight is 328 g/mol. The van der Waals surface area contributed by atoms with Crippen LogP contribution in [0.4, 0.5) is 0 Å². The number of hydrogen-bond acceptors (Lipinski definition) is 3. The van der Waals surface area contributed by atoms with Crippen LogP contribution in [-0.2, 0) is 11.2 Å². The second kappa shape index (κ2) is 5.10. The lowest BCUT2D eigenvalue weighted by Crippen LogP contribution is -2.04. The number of carbonyl (C=O) groups is 1. The molecular formula is C16H10BrNO2. The van der Waals surface area contributed by atoms with E-state index in [4.69, 9.17) is 10.00 Å². The van der Waals surface area contributed by atoms with Crippen molar-refractivity contribution in [1.82, 2.24) is 0 Å². The summed E-state index contributed by atoms with van der Waals surface area (Å²) in [5.41, 5.74) is 2.99. The van der Waals surface area contributed by atoms with Crippen LogP contribution in [-0.4, -0.2) is 5.97 Å². The van der Waals surface area contributed by atoms with Crippen molar-refractivity contribution in [2.24, 2.45) is 0 Å². The first-order valence-electron chi connectivity index (χ1n) is 6.17. The molecule has 0 amide bonds. The van der Waals surface area contributed by atoms with E-state index >= 15 is 0 Å². The van der Waals surface area contributed by atoms with E-state index in [0.717, 1.165) is 15.6 Å². The number of rotatable bonds is 2. The average Bonchev–Trinajstić information content (AvgIpc) is 2.75. The van der Waals surface area contributed by atoms with Crippen molar-refractivity contribution in [3.8, 4) is 6.07 Å². The van der Waals surface area contributed by atoms with Gasteiger partial charge in [0.15, 0.2) is 0 Å². The summed E-state index contributed by atoms with van der Waals surface area (Å²) in [5, 5.41) is 9.11. The van der Waals surface area contributed by atoms with Crippen LogP contribution >= 0.6 is 15.9 Å². The zero-order valence-corrected chi connectivity index (χ0v) is 12.1. The highest BCUT2D eigenvalue weighted by atomic mass is 79.9. The van der Waals surface area contributed by atoms with Crippen LogP contribution in [0.15, 0.2) is 46.9 Å². The Hall–Kier alpha value is -2.12. The maximum Gasteiger partial charge on any atom is 0.339 e. The molecule has 1 unspecified atom stereocenters. The molecule has 3 nitrogen and oxygen atoms in total. The van der Waals surface area contributed by atoms with E-state index in [2.05, 4.69) is 22.0 Å². The Kier molecular flexibility index (Phi) is 3.29. The number of benzene rings is 2. The van der Waals surface area contributed by atoms with Crippen LogP contribution in [0.25, 0.3) is 0 Å². The van der Waals surface area contributed by atoms with Gasteiger partial charge in [-0.2, -0.15) is 5.26 Å². The zero-order chi connectivity index (χ0) is 14.1. The van der Waals surface area contributed by atoms with Crippen molar-refractivity contribution in [3.05, 3.63) is 69.2 Å². The quantitative estimate of drug-likeness (QED) is 0.789. The van der Waals surface area contributed by atoms with Crippen LogP contribution in [0.1, 0.15) is 33.2 Å². The first-order chi connectivity index (χ1) is 9.69. The number of ether oxygens (including phenoxy) is 1. The lowest BCUT2D eigenvalue weighted by Gasteiger charge is -2.11. The smallest absolute Gasteiger partial charge is 0.339 e. The third kappa shape index (κ3) is 2.21. The van der Waals surface area contributed by atoms with E-state index in [-0.39, 0.29) is 12.1 Å². The van der Waals surface area contributed by atoms with Crippen molar-refractivity contribution < 1.29 is 9.53 Å². The number of fused-ring (bicyclic) bond motifs is 1. The molecule has 0 fully saturated rings. The van der Waals surface area contributed by atoms with E-state index in [1.165, 1.54) is 0 Å². The highest BCUT2D eigenvalue weighted by Crippen LogP contribution is 2.35. The van der Waals surface area contributed by atoms with Gasteiger partial charge in [-0.15, -0.1) is 0 Å². The van der Waals surface area contributed by atoms with Gasteiger partial charge in [0.1, 0.15) is 6.10 Å². The van der Waals surface area contributed by atoms with Gasteiger partial charge in [-0.3, -0.25) is 0 Å². The molecule has 0 aliphatic carbocycles. The van der Waals surface area contributed by atoms with E-state index < -0.39 is 0 Å². The fourth-order valence-corrected chi connectivity index (χ4v) is 2.76. The molecular weight excluding hydrogens is 318 g/mol. The summed E-state index contributed by atoms with van der Waals surface area (Å²) in [4.78, 5) is 11.9. The third-order valence-electron chi connectivity index (χ3n) is 3.37. The van der Waals surface area contributed by atoms with Crippen molar-refractivity contribution in [2.75, 3.05) is 0 Å². The number of nitriles is 1. The minimum Gasteiger partial charge on any atom is -0.454 e. The van der Waals surface area contributed by atoms with Gasteiger partial charge in [-0.1, -0.05) is 40.2 Å². The van der Waals surface area contributed by atoms with Crippen molar-refractivity contribution in [2.45, 2.75) is 12.5 Å². The standard InChI is InChI=1S/C16H10BrNO2/c17-12-5-6-13-14(8-12)16(19)20-15(13)7-10-3-1-2-4-11(10)9-18/h1-6,8,15H,7H2. The minimum absolute atomic E-state index is 0.305. The molecule has 0 spiro atoms. The predicted octanol–water partition coefficient (Wildman–Crippen LogP) is 3.77. The number of esters is 1. The maximum absolute atomic E-state index is 11.9. The van der Waals surface area contributed by atoms with Crippen molar-refractivity contribution in [3.63, 3.8) is 0 Å². The summed E-state index contributed by atoms with van der Waals surface area (Å²) in [6.07, 6.45) is 0.199. The number of hydrogen-bond donors (Lipinski definition) is 0. The van der Waals surface area contributed by atoms with Gasteiger partial charge in [-0.25, -0.2) is 4.79 Å². The van der Waals surface area contributed by atoms with Crippen molar-refractivity contribution >= 4 is 21.9 Å². The fourth-order valence-electron chi connectivity index (χ4n) is 2.40. The topological polar surface area (TPSA) is 50.1 Å². The molecule has 1 aliphatic rings. The summed E-state index contributed by atoms with van der Waals surface area (Å²) >= 11 is 3.35. The van der Waals surface area contributed by atoms with Gasteiger partial charge >= 0.3 is 5.97 Å². The fraction of sp³-hybridized carbons (Fsp3) is 0.125. The monoisotopic (exact) mass is 327 g/mol. The maximum atomic E-state index is 11.9. The molecule has 1 aliphatic heterocycles. The Morgan fingerprint density at radius 2 is 2.05 bits per heavy atom. The Morgan fingerprint density at radius 3 is 2.85 bits per heavy atom. The lowest BCUT2D eigenvalue weighted by molar-refractivity contribution is 0.0387. The van der Waals surface area contributed by atoms with E-state index in [9.17, 15) is 4.79 Å². The summed E-state index contributed by atoms with van der Waals surface area (Å²) in [7, 11) is 0. The molecule has 0 saturated heterocycles. The van der Waals surface area contributed by atoms with Crippen molar-refractivity contribution in [1.29, 1.82) is 5.26 Å². The second-order valence-electron chi connectivity index (χ2n) is 4.60. The van der Waals surface area contributed by atoms with E-state index in [1.54, 1.807) is 12.1 Å². The van der Waals surface area contributed by atoms with E-state index in [0.29, 0.717) is 17.5 Å². The summed E-state index contributed by atoms with van der Waals surface area (Å²) < 4.78 is 6.27. The molecule has 1 heterocycles. The van der Waals surface area contributed by atoms with Crippen LogP contribution < -0.4 is 0 Å². The Labute approximate surface area is 124 Å². The number of halogens is 1. The van der Waals surface area contributed by atoms with Crippen LogP contribution in [0.3, 0.4) is 0 Å². The van der Waals surface area contributed by atoms with Gasteiger partial charge in [0.05, 0.1) is 17.2 Å². The van der Waals surface area contributed by atoms with Crippen LogP contribution in [0.5, 0.6) is 0 Å². The lowest BCUT2D eigenvalue weighted by atomic mass is 9.97. The first-order valence-corrected chi connectivity index (χ1v) is 6.97. The minimum atomic E-state index is -0.319. The zero-order valence-electron chi connectivity index (χ0n) is 10.5. The Bertz CT molecular complexity index is 733. The molecule has 98 valence electrons. The second-order valence-corrected chi connectivity index (χ2v) is 5.51. The number of cyclic esters (lactones) is 1. The van der Waals surface area contributed by atoms with Gasteiger partial charge in [0, 0.05) is 16.5 Å².